The average Bonchev–Trinajstić information content (AvgIpc) is 2.46. The van der Waals surface area contributed by atoms with Gasteiger partial charge >= 0.3 is 0 Å². The summed E-state index contributed by atoms with van der Waals surface area (Å²) in [5.74, 6) is 0.832. The van der Waals surface area contributed by atoms with E-state index >= 15 is 0 Å². The summed E-state index contributed by atoms with van der Waals surface area (Å²) in [6.07, 6.45) is 3.45. The lowest BCUT2D eigenvalue weighted by Gasteiger charge is -2.39. The zero-order valence-corrected chi connectivity index (χ0v) is 13.9. The number of amides is 1. The number of hydrogen-bond donors (Lipinski definition) is 2. The zero-order chi connectivity index (χ0) is 15.1. The smallest absolute Gasteiger partial charge is 0.237 e. The fourth-order valence-corrected chi connectivity index (χ4v) is 2.92. The van der Waals surface area contributed by atoms with Crippen LogP contribution in [0, 0.1) is 5.92 Å². The first-order valence-electron chi connectivity index (χ1n) is 8.27. The molecule has 20 heavy (non-hydrogen) atoms. The first-order valence-corrected chi connectivity index (χ1v) is 8.27. The minimum Gasteiger partial charge on any atom is -0.352 e. The van der Waals surface area contributed by atoms with Crippen molar-refractivity contribution in [3.05, 3.63) is 0 Å². The van der Waals surface area contributed by atoms with Gasteiger partial charge in [-0.2, -0.15) is 0 Å². The topological polar surface area (TPSA) is 44.4 Å². The fraction of sp³-hybridized carbons (Fsp3) is 0.938. The Hall–Kier alpha value is -0.610. The third kappa shape index (κ3) is 5.06. The van der Waals surface area contributed by atoms with Crippen molar-refractivity contribution >= 4 is 5.91 Å². The van der Waals surface area contributed by atoms with Crippen molar-refractivity contribution in [3.63, 3.8) is 0 Å². The predicted octanol–water partition coefficient (Wildman–Crippen LogP) is 2.00. The second kappa shape index (κ2) is 8.63. The first-order chi connectivity index (χ1) is 9.49. The molecule has 1 fully saturated rings. The van der Waals surface area contributed by atoms with Crippen LogP contribution in [-0.4, -0.2) is 48.6 Å². The number of nitrogens with one attached hydrogen (secondary N) is 2. The van der Waals surface area contributed by atoms with E-state index in [9.17, 15) is 4.79 Å². The molecule has 118 valence electrons. The van der Waals surface area contributed by atoms with Crippen LogP contribution >= 0.6 is 0 Å². The van der Waals surface area contributed by atoms with Crippen molar-refractivity contribution in [2.24, 2.45) is 5.92 Å². The van der Waals surface area contributed by atoms with Gasteiger partial charge in [0.15, 0.2) is 0 Å². The molecule has 4 nitrogen and oxygen atoms in total. The van der Waals surface area contributed by atoms with Crippen molar-refractivity contribution in [2.45, 2.75) is 72.0 Å². The molecule has 0 spiro atoms. The SMILES string of the molecule is CCNC(C)C1CCCN(C(C)C(=O)NC(C)CC)C1. The number of hydrogen-bond acceptors (Lipinski definition) is 3. The number of piperidine rings is 1. The summed E-state index contributed by atoms with van der Waals surface area (Å²) in [7, 11) is 0. The monoisotopic (exact) mass is 283 g/mol. The number of nitrogens with zero attached hydrogens (tertiary/aromatic N) is 1. The van der Waals surface area contributed by atoms with E-state index in [1.54, 1.807) is 0 Å². The minimum atomic E-state index is -0.0133. The molecule has 4 atom stereocenters. The van der Waals surface area contributed by atoms with Crippen molar-refractivity contribution in [3.8, 4) is 0 Å². The van der Waals surface area contributed by atoms with E-state index in [0.717, 1.165) is 26.1 Å². The maximum atomic E-state index is 12.2. The fourth-order valence-electron chi connectivity index (χ4n) is 2.92. The van der Waals surface area contributed by atoms with Crippen LogP contribution in [0.5, 0.6) is 0 Å². The third-order valence-corrected chi connectivity index (χ3v) is 4.65. The van der Waals surface area contributed by atoms with E-state index in [4.69, 9.17) is 0 Å². The van der Waals surface area contributed by atoms with Crippen LogP contribution in [-0.2, 0) is 4.79 Å². The van der Waals surface area contributed by atoms with Gasteiger partial charge in [-0.15, -0.1) is 0 Å². The molecule has 4 heteroatoms. The Kier molecular flexibility index (Phi) is 7.52. The summed E-state index contributed by atoms with van der Waals surface area (Å²) in [6.45, 7) is 13.7. The van der Waals surface area contributed by atoms with Crippen LogP contribution in [0.1, 0.15) is 53.9 Å². The van der Waals surface area contributed by atoms with Crippen LogP contribution in [0.15, 0.2) is 0 Å². The maximum absolute atomic E-state index is 12.2. The van der Waals surface area contributed by atoms with Crippen molar-refractivity contribution in [2.75, 3.05) is 19.6 Å². The molecule has 4 unspecified atom stereocenters. The molecule has 2 N–H and O–H groups in total. The van der Waals surface area contributed by atoms with Gasteiger partial charge in [0.05, 0.1) is 6.04 Å². The van der Waals surface area contributed by atoms with Gasteiger partial charge in [-0.25, -0.2) is 0 Å². The van der Waals surface area contributed by atoms with E-state index in [-0.39, 0.29) is 18.0 Å². The molecule has 1 aliphatic rings. The molecule has 0 aromatic rings. The molecule has 0 bridgehead atoms. The Morgan fingerprint density at radius 3 is 2.60 bits per heavy atom. The highest BCUT2D eigenvalue weighted by Crippen LogP contribution is 2.21. The van der Waals surface area contributed by atoms with E-state index in [2.05, 4.69) is 43.2 Å². The Morgan fingerprint density at radius 1 is 1.30 bits per heavy atom. The quantitative estimate of drug-likeness (QED) is 0.751. The summed E-state index contributed by atoms with van der Waals surface area (Å²) in [6, 6.07) is 0.791. The van der Waals surface area contributed by atoms with Crippen LogP contribution in [0.3, 0.4) is 0 Å². The summed E-state index contributed by atoms with van der Waals surface area (Å²) < 4.78 is 0. The van der Waals surface area contributed by atoms with Gasteiger partial charge < -0.3 is 10.6 Å². The molecule has 1 rings (SSSR count). The summed E-state index contributed by atoms with van der Waals surface area (Å²) in [4.78, 5) is 14.6. The molecular formula is C16H33N3O. The molecule has 0 saturated carbocycles. The summed E-state index contributed by atoms with van der Waals surface area (Å²) >= 11 is 0. The predicted molar refractivity (Wildman–Crippen MR) is 84.8 cm³/mol. The molecular weight excluding hydrogens is 250 g/mol. The lowest BCUT2D eigenvalue weighted by molar-refractivity contribution is -0.127. The standard InChI is InChI=1S/C16H33N3O/c1-6-12(3)18-16(20)14(5)19-10-8-9-15(11-19)13(4)17-7-2/h12-15,17H,6-11H2,1-5H3,(H,18,20). The highest BCUT2D eigenvalue weighted by atomic mass is 16.2. The maximum Gasteiger partial charge on any atom is 0.237 e. The van der Waals surface area contributed by atoms with Crippen LogP contribution in [0.2, 0.25) is 0 Å². The van der Waals surface area contributed by atoms with Crippen LogP contribution in [0.4, 0.5) is 0 Å². The molecule has 0 aromatic carbocycles. The number of likely N-dealkylation sites (tertiary alicyclic amines) is 1. The lowest BCUT2D eigenvalue weighted by atomic mass is 9.90. The third-order valence-electron chi connectivity index (χ3n) is 4.65. The lowest BCUT2D eigenvalue weighted by Crippen LogP contribution is -2.53. The van der Waals surface area contributed by atoms with Crippen LogP contribution in [0.25, 0.3) is 0 Å². The highest BCUT2D eigenvalue weighted by molar-refractivity contribution is 5.81. The first kappa shape index (κ1) is 17.4. The van der Waals surface area contributed by atoms with Crippen molar-refractivity contribution < 1.29 is 4.79 Å². The molecule has 1 amide bonds. The zero-order valence-electron chi connectivity index (χ0n) is 13.9. The number of carbonyl (C=O) groups is 1. The molecule has 0 aliphatic carbocycles. The molecule has 0 radical (unpaired) electrons. The number of carbonyl (C=O) groups excluding carboxylic acids is 1. The van der Waals surface area contributed by atoms with E-state index in [1.165, 1.54) is 12.8 Å². The molecule has 1 heterocycles. The van der Waals surface area contributed by atoms with Crippen molar-refractivity contribution in [1.29, 1.82) is 0 Å². The number of rotatable bonds is 7. The Labute approximate surface area is 124 Å². The summed E-state index contributed by atoms with van der Waals surface area (Å²) in [5, 5.41) is 6.62. The van der Waals surface area contributed by atoms with Crippen LogP contribution < -0.4 is 10.6 Å². The molecule has 1 saturated heterocycles. The normalized spacial score (nSPS) is 24.9. The van der Waals surface area contributed by atoms with Gasteiger partial charge in [-0.3, -0.25) is 9.69 Å². The Balaban J connectivity index is 2.51. The van der Waals surface area contributed by atoms with Gasteiger partial charge in [0.2, 0.25) is 5.91 Å². The van der Waals surface area contributed by atoms with E-state index in [0.29, 0.717) is 12.0 Å². The van der Waals surface area contributed by atoms with Gasteiger partial charge in [0.1, 0.15) is 0 Å². The van der Waals surface area contributed by atoms with E-state index in [1.807, 2.05) is 6.92 Å². The van der Waals surface area contributed by atoms with Gasteiger partial charge in [-0.1, -0.05) is 13.8 Å². The highest BCUT2D eigenvalue weighted by Gasteiger charge is 2.29. The van der Waals surface area contributed by atoms with Gasteiger partial charge in [0, 0.05) is 18.6 Å². The largest absolute Gasteiger partial charge is 0.352 e. The Morgan fingerprint density at radius 2 is 2.00 bits per heavy atom. The summed E-state index contributed by atoms with van der Waals surface area (Å²) in [5.41, 5.74) is 0. The second-order valence-electron chi connectivity index (χ2n) is 6.24. The average molecular weight is 283 g/mol. The van der Waals surface area contributed by atoms with Crippen molar-refractivity contribution in [1.82, 2.24) is 15.5 Å². The minimum absolute atomic E-state index is 0.0133. The van der Waals surface area contributed by atoms with E-state index < -0.39 is 0 Å². The molecule has 0 aromatic heterocycles. The molecule has 1 aliphatic heterocycles. The van der Waals surface area contributed by atoms with Gasteiger partial charge in [-0.05, 0) is 59.0 Å². The van der Waals surface area contributed by atoms with Gasteiger partial charge in [0.25, 0.3) is 0 Å². The Bertz CT molecular complexity index is 295. The second-order valence-corrected chi connectivity index (χ2v) is 6.24.